The molecule has 0 aromatic heterocycles. The first-order valence-corrected chi connectivity index (χ1v) is 4.79. The van der Waals surface area contributed by atoms with E-state index in [0.29, 0.717) is 0 Å². The van der Waals surface area contributed by atoms with Crippen LogP contribution in [0.25, 0.3) is 0 Å². The van der Waals surface area contributed by atoms with Crippen LogP contribution >= 0.6 is 0 Å². The first-order valence-electron chi connectivity index (χ1n) is 4.79. The zero-order valence-electron chi connectivity index (χ0n) is 8.59. The van der Waals surface area contributed by atoms with Gasteiger partial charge in [0.05, 0.1) is 0 Å². The summed E-state index contributed by atoms with van der Waals surface area (Å²) in [5, 5.41) is 7.31. The zero-order chi connectivity index (χ0) is 10.4. The first kappa shape index (κ1) is 10.6. The highest BCUT2D eigenvalue weighted by atomic mass is 14.7. The lowest BCUT2D eigenvalue weighted by Crippen LogP contribution is -1.97. The lowest BCUT2D eigenvalue weighted by molar-refractivity contribution is 0.956. The summed E-state index contributed by atoms with van der Waals surface area (Å²) in [6.45, 7) is 6.54. The second kappa shape index (κ2) is 5.32. The molecule has 0 atom stereocenters. The average molecular weight is 188 g/mol. The largest absolute Gasteiger partial charge is 0.308 e. The van der Waals surface area contributed by atoms with Crippen molar-refractivity contribution in [1.82, 2.24) is 0 Å². The minimum atomic E-state index is 0.777. The molecule has 0 fully saturated rings. The number of allylic oxidation sites excluding steroid dienone is 4. The third kappa shape index (κ3) is 2.80. The minimum Gasteiger partial charge on any atom is -0.308 e. The maximum absolute atomic E-state index is 7.31. The fourth-order valence-corrected chi connectivity index (χ4v) is 1.39. The summed E-state index contributed by atoms with van der Waals surface area (Å²) < 4.78 is 0. The maximum Gasteiger partial charge on any atom is 0.0430 e. The molecule has 0 saturated carbocycles. The number of hydrogen-bond donors (Lipinski definition) is 1. The molecular formula is C12H16N2. The van der Waals surface area contributed by atoms with E-state index in [1.807, 2.05) is 12.2 Å². The van der Waals surface area contributed by atoms with E-state index in [9.17, 15) is 0 Å². The molecule has 1 heterocycles. The highest BCUT2D eigenvalue weighted by Gasteiger charge is 2.07. The van der Waals surface area contributed by atoms with Gasteiger partial charge in [0.2, 0.25) is 0 Å². The number of aliphatic imine (C=N–C) groups is 1. The van der Waals surface area contributed by atoms with Crippen molar-refractivity contribution in [3.63, 3.8) is 0 Å². The van der Waals surface area contributed by atoms with Crippen molar-refractivity contribution in [2.75, 3.05) is 6.54 Å². The highest BCUT2D eigenvalue weighted by Crippen LogP contribution is 2.15. The normalized spacial score (nSPS) is 17.9. The van der Waals surface area contributed by atoms with Crippen LogP contribution in [0.15, 0.2) is 40.9 Å². The molecular weight excluding hydrogens is 172 g/mol. The molecule has 0 aromatic rings. The Hall–Kier alpha value is -1.44. The smallest absolute Gasteiger partial charge is 0.0430 e. The summed E-state index contributed by atoms with van der Waals surface area (Å²) in [4.78, 5) is 4.45. The van der Waals surface area contributed by atoms with Gasteiger partial charge in [0.1, 0.15) is 0 Å². The van der Waals surface area contributed by atoms with Gasteiger partial charge in [-0.3, -0.25) is 4.99 Å². The van der Waals surface area contributed by atoms with Gasteiger partial charge >= 0.3 is 0 Å². The van der Waals surface area contributed by atoms with Crippen LogP contribution in [-0.2, 0) is 0 Å². The Balaban J connectivity index is 2.82. The molecule has 74 valence electrons. The average Bonchev–Trinajstić information content (AvgIpc) is 2.37. The van der Waals surface area contributed by atoms with Crippen LogP contribution in [0.1, 0.15) is 19.8 Å². The van der Waals surface area contributed by atoms with Gasteiger partial charge in [-0.1, -0.05) is 24.3 Å². The van der Waals surface area contributed by atoms with E-state index in [1.54, 1.807) is 6.08 Å². The van der Waals surface area contributed by atoms with Gasteiger partial charge in [-0.2, -0.15) is 0 Å². The highest BCUT2D eigenvalue weighted by molar-refractivity contribution is 6.01. The standard InChI is InChI=1S/C12H16N2/c1-3-4-5-12-8-11(9-13)10(2)6-7-14-12/h3-5,9,13H,1,6-8H2,2H3/b5-4+,13-9?. The second-order valence-corrected chi connectivity index (χ2v) is 3.34. The predicted octanol–water partition coefficient (Wildman–Crippen LogP) is 2.93. The van der Waals surface area contributed by atoms with Crippen molar-refractivity contribution < 1.29 is 0 Å². The molecule has 1 rings (SSSR count). The van der Waals surface area contributed by atoms with Crippen LogP contribution in [0.5, 0.6) is 0 Å². The second-order valence-electron chi connectivity index (χ2n) is 3.34. The molecule has 1 N–H and O–H groups in total. The van der Waals surface area contributed by atoms with Gasteiger partial charge in [0.25, 0.3) is 0 Å². The molecule has 0 radical (unpaired) electrons. The summed E-state index contributed by atoms with van der Waals surface area (Å²) in [6, 6.07) is 0. The molecule has 0 spiro atoms. The molecule has 0 unspecified atom stereocenters. The Morgan fingerprint density at radius 3 is 2.93 bits per heavy atom. The van der Waals surface area contributed by atoms with Crippen LogP contribution in [-0.4, -0.2) is 18.5 Å². The predicted molar refractivity (Wildman–Crippen MR) is 62.4 cm³/mol. The number of rotatable bonds is 3. The van der Waals surface area contributed by atoms with Gasteiger partial charge in [0, 0.05) is 24.9 Å². The van der Waals surface area contributed by atoms with Crippen LogP contribution in [0.2, 0.25) is 0 Å². The fourth-order valence-electron chi connectivity index (χ4n) is 1.39. The monoisotopic (exact) mass is 188 g/mol. The van der Waals surface area contributed by atoms with Crippen LogP contribution in [0.3, 0.4) is 0 Å². The van der Waals surface area contributed by atoms with Crippen molar-refractivity contribution in [3.8, 4) is 0 Å². The van der Waals surface area contributed by atoms with Crippen molar-refractivity contribution in [2.45, 2.75) is 19.8 Å². The van der Waals surface area contributed by atoms with Crippen LogP contribution in [0, 0.1) is 5.41 Å². The lowest BCUT2D eigenvalue weighted by atomic mass is 10.0. The summed E-state index contributed by atoms with van der Waals surface area (Å²) in [5.41, 5.74) is 3.42. The molecule has 1 aliphatic rings. The third-order valence-corrected chi connectivity index (χ3v) is 2.32. The number of hydrogen-bond acceptors (Lipinski definition) is 2. The Labute approximate surface area is 85.3 Å². The number of nitrogens with zero attached hydrogens (tertiary/aromatic N) is 1. The lowest BCUT2D eigenvalue weighted by Gasteiger charge is -2.01. The quantitative estimate of drug-likeness (QED) is 0.522. The van der Waals surface area contributed by atoms with E-state index >= 15 is 0 Å². The molecule has 14 heavy (non-hydrogen) atoms. The summed E-state index contributed by atoms with van der Waals surface area (Å²) in [6.07, 6.45) is 8.79. The Morgan fingerprint density at radius 2 is 2.29 bits per heavy atom. The van der Waals surface area contributed by atoms with E-state index in [0.717, 1.165) is 30.7 Å². The molecule has 0 bridgehead atoms. The molecule has 1 aliphatic heterocycles. The van der Waals surface area contributed by atoms with Gasteiger partial charge in [0.15, 0.2) is 0 Å². The molecule has 0 amide bonds. The topological polar surface area (TPSA) is 36.2 Å². The van der Waals surface area contributed by atoms with Crippen molar-refractivity contribution in [2.24, 2.45) is 4.99 Å². The molecule has 0 saturated heterocycles. The van der Waals surface area contributed by atoms with Crippen molar-refractivity contribution in [3.05, 3.63) is 36.0 Å². The summed E-state index contributed by atoms with van der Waals surface area (Å²) in [7, 11) is 0. The Morgan fingerprint density at radius 1 is 1.50 bits per heavy atom. The Kier molecular flexibility index (Phi) is 4.05. The number of nitrogens with one attached hydrogen (secondary N) is 1. The van der Waals surface area contributed by atoms with Gasteiger partial charge in [-0.15, -0.1) is 0 Å². The maximum atomic E-state index is 7.31. The summed E-state index contributed by atoms with van der Waals surface area (Å²) >= 11 is 0. The zero-order valence-corrected chi connectivity index (χ0v) is 8.59. The third-order valence-electron chi connectivity index (χ3n) is 2.32. The van der Waals surface area contributed by atoms with E-state index in [-0.39, 0.29) is 0 Å². The Bertz CT molecular complexity index is 319. The van der Waals surface area contributed by atoms with Gasteiger partial charge in [-0.25, -0.2) is 0 Å². The van der Waals surface area contributed by atoms with Gasteiger partial charge < -0.3 is 5.41 Å². The molecule has 2 nitrogen and oxygen atoms in total. The van der Waals surface area contributed by atoms with E-state index in [4.69, 9.17) is 5.41 Å². The summed E-state index contributed by atoms with van der Waals surface area (Å²) in [5.74, 6) is 0. The van der Waals surface area contributed by atoms with Crippen LogP contribution in [0.4, 0.5) is 0 Å². The van der Waals surface area contributed by atoms with Crippen molar-refractivity contribution in [1.29, 1.82) is 5.41 Å². The van der Waals surface area contributed by atoms with Crippen molar-refractivity contribution >= 4 is 11.9 Å². The molecule has 2 heteroatoms. The SMILES string of the molecule is C=C/C=C/C1=NCCC(C)=C(C=N)C1. The van der Waals surface area contributed by atoms with E-state index < -0.39 is 0 Å². The van der Waals surface area contributed by atoms with E-state index in [2.05, 4.69) is 18.5 Å². The van der Waals surface area contributed by atoms with Crippen LogP contribution < -0.4 is 0 Å². The molecule has 0 aliphatic carbocycles. The molecule has 0 aromatic carbocycles. The van der Waals surface area contributed by atoms with E-state index in [1.165, 1.54) is 11.8 Å². The first-order chi connectivity index (χ1) is 6.77. The van der Waals surface area contributed by atoms with Gasteiger partial charge in [-0.05, 0) is 25.0 Å². The fraction of sp³-hybridized carbons (Fsp3) is 0.333. The minimum absolute atomic E-state index is 0.777.